The molecule has 6 heteroatoms. The Morgan fingerprint density at radius 2 is 1.93 bits per heavy atom. The molecule has 5 nitrogen and oxygen atoms in total. The van der Waals surface area contributed by atoms with E-state index in [4.69, 9.17) is 21.7 Å². The molecule has 0 bridgehead atoms. The third-order valence-electron chi connectivity index (χ3n) is 3.99. The highest BCUT2D eigenvalue weighted by Crippen LogP contribution is 2.21. The van der Waals surface area contributed by atoms with Crippen molar-refractivity contribution in [2.75, 3.05) is 30.0 Å². The lowest BCUT2D eigenvalue weighted by molar-refractivity contribution is 0.135. The van der Waals surface area contributed by atoms with Crippen LogP contribution in [-0.2, 0) is 4.74 Å². The lowest BCUT2D eigenvalue weighted by Gasteiger charge is -2.22. The molecule has 28 heavy (non-hydrogen) atoms. The van der Waals surface area contributed by atoms with Crippen molar-refractivity contribution in [2.24, 2.45) is 0 Å². The van der Waals surface area contributed by atoms with Crippen molar-refractivity contribution in [3.63, 3.8) is 0 Å². The first-order valence-corrected chi connectivity index (χ1v) is 9.92. The van der Waals surface area contributed by atoms with Crippen LogP contribution in [0.25, 0.3) is 0 Å². The maximum atomic E-state index is 12.9. The van der Waals surface area contributed by atoms with E-state index in [1.807, 2.05) is 43.3 Å². The van der Waals surface area contributed by atoms with Crippen LogP contribution in [0.3, 0.4) is 0 Å². The quantitative estimate of drug-likeness (QED) is 0.440. The van der Waals surface area contributed by atoms with Crippen molar-refractivity contribution < 1.29 is 14.3 Å². The van der Waals surface area contributed by atoms with E-state index < -0.39 is 6.09 Å². The first-order valence-electron chi connectivity index (χ1n) is 9.51. The van der Waals surface area contributed by atoms with Gasteiger partial charge >= 0.3 is 6.09 Å². The summed E-state index contributed by atoms with van der Waals surface area (Å²) in [6.07, 6.45) is 1.64. The first-order chi connectivity index (χ1) is 13.5. The summed E-state index contributed by atoms with van der Waals surface area (Å²) < 4.78 is 11.3. The van der Waals surface area contributed by atoms with Gasteiger partial charge in [-0.15, -0.1) is 0 Å². The molecule has 2 aromatic carbocycles. The van der Waals surface area contributed by atoms with E-state index in [1.165, 1.54) is 0 Å². The number of ether oxygens (including phenoxy) is 2. The van der Waals surface area contributed by atoms with Crippen LogP contribution in [0, 0.1) is 6.92 Å². The highest BCUT2D eigenvalue weighted by molar-refractivity contribution is 7.80. The van der Waals surface area contributed by atoms with Gasteiger partial charge in [-0.25, -0.2) is 4.79 Å². The van der Waals surface area contributed by atoms with Crippen molar-refractivity contribution >= 4 is 34.7 Å². The summed E-state index contributed by atoms with van der Waals surface area (Å²) in [7, 11) is 0. The minimum Gasteiger partial charge on any atom is -0.410 e. The average molecular weight is 401 g/mol. The highest BCUT2D eigenvalue weighted by atomic mass is 32.1. The van der Waals surface area contributed by atoms with E-state index in [1.54, 1.807) is 24.0 Å². The molecule has 0 spiro atoms. The summed E-state index contributed by atoms with van der Waals surface area (Å²) in [5.74, 6) is 0.454. The molecular weight excluding hydrogens is 372 g/mol. The Balaban J connectivity index is 2.10. The molecule has 0 atom stereocenters. The molecule has 0 aromatic heterocycles. The van der Waals surface area contributed by atoms with Gasteiger partial charge in [-0.3, -0.25) is 4.90 Å². The van der Waals surface area contributed by atoms with Crippen molar-refractivity contribution in [3.8, 4) is 5.75 Å². The molecule has 0 heterocycles. The number of nitrogens with one attached hydrogen (secondary N) is 1. The van der Waals surface area contributed by atoms with Crippen molar-refractivity contribution in [1.82, 2.24) is 0 Å². The van der Waals surface area contributed by atoms with E-state index in [0.29, 0.717) is 30.5 Å². The summed E-state index contributed by atoms with van der Waals surface area (Å²) in [4.78, 5) is 15.1. The molecule has 1 amide bonds. The fraction of sp³-hybridized carbons (Fsp3) is 0.364. The van der Waals surface area contributed by atoms with Gasteiger partial charge in [-0.1, -0.05) is 43.8 Å². The van der Waals surface area contributed by atoms with Crippen LogP contribution in [0.1, 0.15) is 32.3 Å². The van der Waals surface area contributed by atoms with Gasteiger partial charge in [0.25, 0.3) is 0 Å². The number of anilines is 2. The molecule has 2 rings (SSSR count). The third kappa shape index (κ3) is 7.29. The fourth-order valence-electron chi connectivity index (χ4n) is 2.62. The Kier molecular flexibility index (Phi) is 8.91. The number of thiocarbonyl (C=S) groups is 1. The normalized spacial score (nSPS) is 10.4. The molecule has 0 aliphatic rings. The van der Waals surface area contributed by atoms with Crippen LogP contribution in [0.4, 0.5) is 16.2 Å². The number of hydrogen-bond donors (Lipinski definition) is 1. The zero-order chi connectivity index (χ0) is 20.4. The van der Waals surface area contributed by atoms with Crippen LogP contribution in [0.2, 0.25) is 0 Å². The van der Waals surface area contributed by atoms with Crippen LogP contribution >= 0.6 is 12.2 Å². The largest absolute Gasteiger partial charge is 0.419 e. The third-order valence-corrected chi connectivity index (χ3v) is 4.10. The predicted molar refractivity (Wildman–Crippen MR) is 119 cm³/mol. The van der Waals surface area contributed by atoms with Crippen molar-refractivity contribution in [3.05, 3.63) is 54.1 Å². The SMILES string of the molecule is CCCCOCCN(C(=O)Oc1cccc(NC(C)=S)c1)c1cccc(C)c1. The number of carbonyl (C=O) groups excluding carboxylic acids is 1. The number of benzene rings is 2. The number of unbranched alkanes of at least 4 members (excludes halogenated alkanes) is 1. The topological polar surface area (TPSA) is 50.8 Å². The number of hydrogen-bond acceptors (Lipinski definition) is 4. The van der Waals surface area contributed by atoms with Crippen molar-refractivity contribution in [1.29, 1.82) is 0 Å². The van der Waals surface area contributed by atoms with Gasteiger partial charge < -0.3 is 14.8 Å². The summed E-state index contributed by atoms with van der Waals surface area (Å²) in [5, 5.41) is 3.05. The number of rotatable bonds is 9. The van der Waals surface area contributed by atoms with Gasteiger partial charge in [0.15, 0.2) is 0 Å². The summed E-state index contributed by atoms with van der Waals surface area (Å²) in [6, 6.07) is 15.0. The molecule has 0 aliphatic carbocycles. The van der Waals surface area contributed by atoms with E-state index >= 15 is 0 Å². The molecule has 150 valence electrons. The van der Waals surface area contributed by atoms with E-state index in [0.717, 1.165) is 29.8 Å². The van der Waals surface area contributed by atoms with E-state index in [2.05, 4.69) is 12.2 Å². The molecule has 0 fully saturated rings. The van der Waals surface area contributed by atoms with Crippen LogP contribution in [-0.4, -0.2) is 30.8 Å². The maximum Gasteiger partial charge on any atom is 0.419 e. The highest BCUT2D eigenvalue weighted by Gasteiger charge is 2.18. The molecule has 1 N–H and O–H groups in total. The second-order valence-corrected chi connectivity index (χ2v) is 7.15. The van der Waals surface area contributed by atoms with Crippen LogP contribution in [0.15, 0.2) is 48.5 Å². The van der Waals surface area contributed by atoms with E-state index in [-0.39, 0.29) is 0 Å². The second kappa shape index (κ2) is 11.4. The lowest BCUT2D eigenvalue weighted by atomic mass is 10.2. The molecule has 0 radical (unpaired) electrons. The predicted octanol–water partition coefficient (Wildman–Crippen LogP) is 5.58. The van der Waals surface area contributed by atoms with Gasteiger partial charge in [-0.05, 0) is 50.1 Å². The monoisotopic (exact) mass is 400 g/mol. The smallest absolute Gasteiger partial charge is 0.410 e. The number of nitrogens with zero attached hydrogens (tertiary/aromatic N) is 1. The summed E-state index contributed by atoms with van der Waals surface area (Å²) >= 11 is 5.06. The van der Waals surface area contributed by atoms with Gasteiger partial charge in [-0.2, -0.15) is 0 Å². The molecule has 0 unspecified atom stereocenters. The standard InChI is InChI=1S/C22H28N2O3S/c1-4-5-13-26-14-12-24(20-10-6-8-17(2)15-20)22(25)27-21-11-7-9-19(16-21)23-18(3)28/h6-11,15-16H,4-5,12-14H2,1-3H3,(H,23,28). The van der Waals surface area contributed by atoms with Crippen molar-refractivity contribution in [2.45, 2.75) is 33.6 Å². The maximum absolute atomic E-state index is 12.9. The zero-order valence-electron chi connectivity index (χ0n) is 16.7. The Hall–Kier alpha value is -2.44. The van der Waals surface area contributed by atoms with Gasteiger partial charge in [0.05, 0.1) is 18.1 Å². The van der Waals surface area contributed by atoms with Gasteiger partial charge in [0.2, 0.25) is 0 Å². The minimum absolute atomic E-state index is 0.420. The number of carbonyl (C=O) groups is 1. The first kappa shape index (κ1) is 21.9. The molecule has 0 saturated carbocycles. The Labute approximate surface area is 172 Å². The number of aryl methyl sites for hydroxylation is 1. The average Bonchev–Trinajstić information content (AvgIpc) is 2.64. The van der Waals surface area contributed by atoms with E-state index in [9.17, 15) is 4.79 Å². The Bertz CT molecular complexity index is 795. The van der Waals surface area contributed by atoms with Crippen LogP contribution in [0.5, 0.6) is 5.75 Å². The van der Waals surface area contributed by atoms with Gasteiger partial charge in [0, 0.05) is 24.0 Å². The summed E-state index contributed by atoms with van der Waals surface area (Å²) in [6.45, 7) is 7.48. The number of amides is 1. The second-order valence-electron chi connectivity index (χ2n) is 6.53. The lowest BCUT2D eigenvalue weighted by Crippen LogP contribution is -2.36. The van der Waals surface area contributed by atoms with Gasteiger partial charge in [0.1, 0.15) is 5.75 Å². The minimum atomic E-state index is -0.444. The Morgan fingerprint density at radius 3 is 2.64 bits per heavy atom. The fourth-order valence-corrected chi connectivity index (χ4v) is 2.74. The molecule has 0 aliphatic heterocycles. The summed E-state index contributed by atoms with van der Waals surface area (Å²) in [5.41, 5.74) is 2.64. The Morgan fingerprint density at radius 1 is 1.14 bits per heavy atom. The molecule has 2 aromatic rings. The zero-order valence-corrected chi connectivity index (χ0v) is 17.6. The van der Waals surface area contributed by atoms with Crippen LogP contribution < -0.4 is 15.0 Å². The molecular formula is C22H28N2O3S. The molecule has 0 saturated heterocycles.